The number of benzene rings is 1. The molecule has 1 N–H and O–H groups in total. The lowest BCUT2D eigenvalue weighted by molar-refractivity contribution is 0.0665. The summed E-state index contributed by atoms with van der Waals surface area (Å²) in [7, 11) is 1.56. The van der Waals surface area contributed by atoms with E-state index < -0.39 is 5.97 Å². The quantitative estimate of drug-likeness (QED) is 0.819. The van der Waals surface area contributed by atoms with Gasteiger partial charge < -0.3 is 14.3 Å². The maximum absolute atomic E-state index is 10.7. The Labute approximate surface area is 86.1 Å². The first-order valence-electron chi connectivity index (χ1n) is 4.44. The molecule has 78 valence electrons. The fourth-order valence-electron chi connectivity index (χ4n) is 1.55. The molecule has 0 amide bonds. The second-order valence-electron chi connectivity index (χ2n) is 3.23. The number of furan rings is 1. The van der Waals surface area contributed by atoms with Gasteiger partial charge in [-0.05, 0) is 25.1 Å². The molecule has 1 heterocycles. The predicted octanol–water partition coefficient (Wildman–Crippen LogP) is 2.45. The lowest BCUT2D eigenvalue weighted by Gasteiger charge is -2.03. The van der Waals surface area contributed by atoms with Crippen molar-refractivity contribution >= 4 is 16.9 Å². The molecule has 1 aromatic heterocycles. The van der Waals surface area contributed by atoms with Gasteiger partial charge in [-0.15, -0.1) is 0 Å². The lowest BCUT2D eigenvalue weighted by atomic mass is 10.1. The Bertz CT molecular complexity index is 525. The third-order valence-electron chi connectivity index (χ3n) is 2.32. The highest BCUT2D eigenvalue weighted by Gasteiger charge is 2.13. The molecule has 0 aliphatic heterocycles. The summed E-state index contributed by atoms with van der Waals surface area (Å²) >= 11 is 0. The van der Waals surface area contributed by atoms with Crippen LogP contribution in [0.15, 0.2) is 22.6 Å². The van der Waals surface area contributed by atoms with Gasteiger partial charge in [0.05, 0.1) is 7.11 Å². The van der Waals surface area contributed by atoms with Crippen molar-refractivity contribution in [2.75, 3.05) is 7.11 Å². The molecule has 0 atom stereocenters. The van der Waals surface area contributed by atoms with Gasteiger partial charge in [0.1, 0.15) is 11.3 Å². The summed E-state index contributed by atoms with van der Waals surface area (Å²) in [6, 6.07) is 5.07. The molecule has 0 bridgehead atoms. The predicted molar refractivity (Wildman–Crippen MR) is 54.5 cm³/mol. The number of hydrogen-bond acceptors (Lipinski definition) is 3. The zero-order chi connectivity index (χ0) is 11.0. The summed E-state index contributed by atoms with van der Waals surface area (Å²) in [6.45, 7) is 1.83. The minimum Gasteiger partial charge on any atom is -0.496 e. The van der Waals surface area contributed by atoms with Crippen molar-refractivity contribution in [1.29, 1.82) is 0 Å². The first kappa shape index (κ1) is 9.58. The number of aryl methyl sites for hydroxylation is 1. The average molecular weight is 206 g/mol. The normalized spacial score (nSPS) is 10.5. The Hall–Kier alpha value is -1.97. The molecule has 4 heteroatoms. The number of methoxy groups -OCH3 is 1. The number of ether oxygens (including phenoxy) is 1. The number of fused-ring (bicyclic) bond motifs is 1. The molecule has 0 radical (unpaired) electrons. The Morgan fingerprint density at radius 2 is 2.20 bits per heavy atom. The minimum atomic E-state index is -1.07. The van der Waals surface area contributed by atoms with E-state index in [1.54, 1.807) is 19.2 Å². The maximum atomic E-state index is 10.7. The summed E-state index contributed by atoms with van der Waals surface area (Å²) < 4.78 is 10.3. The Balaban J connectivity index is 2.71. The number of carbonyl (C=O) groups is 1. The highest BCUT2D eigenvalue weighted by Crippen LogP contribution is 2.29. The van der Waals surface area contributed by atoms with Crippen molar-refractivity contribution in [2.45, 2.75) is 6.92 Å². The van der Waals surface area contributed by atoms with Crippen LogP contribution in [0.2, 0.25) is 0 Å². The van der Waals surface area contributed by atoms with Gasteiger partial charge in [0.2, 0.25) is 5.76 Å². The summed E-state index contributed by atoms with van der Waals surface area (Å²) in [5.74, 6) is -0.431. The van der Waals surface area contributed by atoms with Crippen LogP contribution in [-0.4, -0.2) is 18.2 Å². The third kappa shape index (κ3) is 1.44. The number of carboxylic acid groups (broad SMARTS) is 1. The summed E-state index contributed by atoms with van der Waals surface area (Å²) in [4.78, 5) is 10.7. The van der Waals surface area contributed by atoms with Gasteiger partial charge in [-0.3, -0.25) is 0 Å². The number of hydrogen-bond donors (Lipinski definition) is 1. The average Bonchev–Trinajstić information content (AvgIpc) is 2.63. The third-order valence-corrected chi connectivity index (χ3v) is 2.32. The lowest BCUT2D eigenvalue weighted by Crippen LogP contribution is -1.91. The van der Waals surface area contributed by atoms with Crippen molar-refractivity contribution in [1.82, 2.24) is 0 Å². The van der Waals surface area contributed by atoms with Gasteiger partial charge in [0, 0.05) is 10.9 Å². The van der Waals surface area contributed by atoms with Gasteiger partial charge in [-0.2, -0.15) is 0 Å². The van der Waals surface area contributed by atoms with Crippen LogP contribution in [0.1, 0.15) is 16.1 Å². The molecule has 0 aliphatic rings. The highest BCUT2D eigenvalue weighted by molar-refractivity contribution is 5.93. The molecule has 0 spiro atoms. The van der Waals surface area contributed by atoms with Crippen molar-refractivity contribution in [3.63, 3.8) is 0 Å². The molecule has 4 nitrogen and oxygen atoms in total. The van der Waals surface area contributed by atoms with Crippen LogP contribution in [-0.2, 0) is 0 Å². The van der Waals surface area contributed by atoms with E-state index in [2.05, 4.69) is 0 Å². The van der Waals surface area contributed by atoms with Crippen LogP contribution >= 0.6 is 0 Å². The Morgan fingerprint density at radius 3 is 2.80 bits per heavy atom. The van der Waals surface area contributed by atoms with Crippen LogP contribution in [0.25, 0.3) is 11.0 Å². The van der Waals surface area contributed by atoms with E-state index >= 15 is 0 Å². The fourth-order valence-corrected chi connectivity index (χ4v) is 1.55. The Morgan fingerprint density at radius 1 is 1.47 bits per heavy atom. The molecule has 2 aromatic rings. The summed E-state index contributed by atoms with van der Waals surface area (Å²) in [5, 5.41) is 9.55. The SMILES string of the molecule is COc1ccc2cc(C(=O)O)oc2c1C. The van der Waals surface area contributed by atoms with Crippen LogP contribution in [0, 0.1) is 6.92 Å². The van der Waals surface area contributed by atoms with Crippen LogP contribution in [0.5, 0.6) is 5.75 Å². The van der Waals surface area contributed by atoms with E-state index in [1.807, 2.05) is 6.92 Å². The number of aromatic carboxylic acids is 1. The van der Waals surface area contributed by atoms with E-state index in [1.165, 1.54) is 6.07 Å². The van der Waals surface area contributed by atoms with Crippen molar-refractivity contribution in [3.8, 4) is 5.75 Å². The number of carboxylic acids is 1. The highest BCUT2D eigenvalue weighted by atomic mass is 16.5. The van der Waals surface area contributed by atoms with E-state index in [-0.39, 0.29) is 5.76 Å². The summed E-state index contributed by atoms with van der Waals surface area (Å²) in [6.07, 6.45) is 0. The Kier molecular flexibility index (Phi) is 2.11. The zero-order valence-corrected chi connectivity index (χ0v) is 8.40. The fraction of sp³-hybridized carbons (Fsp3) is 0.182. The molecule has 0 unspecified atom stereocenters. The molecular formula is C11H10O4. The minimum absolute atomic E-state index is 0.0543. The number of rotatable bonds is 2. The van der Waals surface area contributed by atoms with Crippen LogP contribution in [0.4, 0.5) is 0 Å². The second-order valence-corrected chi connectivity index (χ2v) is 3.23. The van der Waals surface area contributed by atoms with Gasteiger partial charge >= 0.3 is 5.97 Å². The van der Waals surface area contributed by atoms with E-state index in [0.29, 0.717) is 11.3 Å². The van der Waals surface area contributed by atoms with E-state index in [4.69, 9.17) is 14.3 Å². The molecule has 0 saturated heterocycles. The zero-order valence-electron chi connectivity index (χ0n) is 8.40. The molecule has 1 aromatic carbocycles. The first-order valence-corrected chi connectivity index (χ1v) is 4.44. The van der Waals surface area contributed by atoms with E-state index in [9.17, 15) is 4.79 Å². The van der Waals surface area contributed by atoms with Crippen molar-refractivity contribution in [2.24, 2.45) is 0 Å². The molecule has 0 fully saturated rings. The van der Waals surface area contributed by atoms with Gasteiger partial charge in [0.25, 0.3) is 0 Å². The standard InChI is InChI=1S/C11H10O4/c1-6-8(14-2)4-3-7-5-9(11(12)13)15-10(6)7/h3-5H,1-2H3,(H,12,13). The van der Waals surface area contributed by atoms with Crippen molar-refractivity contribution in [3.05, 3.63) is 29.5 Å². The molecule has 0 saturated carbocycles. The summed E-state index contributed by atoms with van der Waals surface area (Å²) in [5.41, 5.74) is 1.37. The second kappa shape index (κ2) is 3.31. The topological polar surface area (TPSA) is 59.7 Å². The smallest absolute Gasteiger partial charge is 0.371 e. The maximum Gasteiger partial charge on any atom is 0.371 e. The molecule has 0 aliphatic carbocycles. The van der Waals surface area contributed by atoms with Gasteiger partial charge in [-0.25, -0.2) is 4.79 Å². The largest absolute Gasteiger partial charge is 0.496 e. The molecule has 2 rings (SSSR count). The van der Waals surface area contributed by atoms with Gasteiger partial charge in [0.15, 0.2) is 0 Å². The van der Waals surface area contributed by atoms with Crippen LogP contribution in [0.3, 0.4) is 0 Å². The monoisotopic (exact) mass is 206 g/mol. The van der Waals surface area contributed by atoms with Gasteiger partial charge in [-0.1, -0.05) is 0 Å². The molecular weight excluding hydrogens is 196 g/mol. The first-order chi connectivity index (χ1) is 7.13. The molecule has 15 heavy (non-hydrogen) atoms. The van der Waals surface area contributed by atoms with E-state index in [0.717, 1.165) is 10.9 Å². The van der Waals surface area contributed by atoms with Crippen molar-refractivity contribution < 1.29 is 19.1 Å². The van der Waals surface area contributed by atoms with Crippen LogP contribution < -0.4 is 4.74 Å².